The van der Waals surface area contributed by atoms with Crippen LogP contribution in [0.25, 0.3) is 0 Å². The van der Waals surface area contributed by atoms with Crippen molar-refractivity contribution in [3.8, 4) is 6.07 Å². The summed E-state index contributed by atoms with van der Waals surface area (Å²) in [6.07, 6.45) is 12.7. The topological polar surface area (TPSA) is 23.8 Å². The highest BCUT2D eigenvalue weighted by Gasteiger charge is 1.95. The molecule has 0 atom stereocenters. The summed E-state index contributed by atoms with van der Waals surface area (Å²) in [5.74, 6) is 0. The maximum Gasteiger partial charge on any atom is 0.106 e. The smallest absolute Gasteiger partial charge is 0.106 e. The largest absolute Gasteiger partial charge is 0.192 e. The van der Waals surface area contributed by atoms with Gasteiger partial charge in [0.05, 0.1) is 4.86 Å². The summed E-state index contributed by atoms with van der Waals surface area (Å²) in [7, 11) is 0. The zero-order valence-electron chi connectivity index (χ0n) is 9.93. The van der Waals surface area contributed by atoms with Crippen molar-refractivity contribution in [3.63, 3.8) is 0 Å². The van der Waals surface area contributed by atoms with E-state index in [-0.39, 0.29) is 0 Å². The molecule has 0 saturated heterocycles. The van der Waals surface area contributed by atoms with Crippen molar-refractivity contribution in [2.75, 3.05) is 0 Å². The molecule has 0 aliphatic heterocycles. The van der Waals surface area contributed by atoms with E-state index in [1.807, 2.05) is 6.07 Å². The third kappa shape index (κ3) is 11.5. The van der Waals surface area contributed by atoms with Gasteiger partial charge in [-0.25, -0.2) is 0 Å². The molecular weight excluding hydrogens is 202 g/mol. The standard InChI is InChI=1S/C13H23NS/c1-2-3-4-5-6-7-8-9-10-11-13(15)12-14/h2-11H2,1H3. The monoisotopic (exact) mass is 225 g/mol. The summed E-state index contributed by atoms with van der Waals surface area (Å²) in [4.78, 5) is 0.568. The number of nitrogens with zero attached hydrogens (tertiary/aromatic N) is 1. The molecule has 86 valence electrons. The van der Waals surface area contributed by atoms with Crippen LogP contribution in [0.15, 0.2) is 0 Å². The molecule has 15 heavy (non-hydrogen) atoms. The van der Waals surface area contributed by atoms with Crippen LogP contribution in [-0.4, -0.2) is 4.86 Å². The summed E-state index contributed by atoms with van der Waals surface area (Å²) in [6.45, 7) is 2.25. The molecule has 1 nitrogen and oxygen atoms in total. The van der Waals surface area contributed by atoms with E-state index in [1.165, 1.54) is 51.4 Å². The second kappa shape index (κ2) is 11.7. The predicted octanol–water partition coefficient (Wildman–Crippen LogP) is 4.80. The van der Waals surface area contributed by atoms with Crippen LogP contribution in [0.4, 0.5) is 0 Å². The van der Waals surface area contributed by atoms with Crippen LogP contribution in [0.3, 0.4) is 0 Å². The molecular formula is C13H23NS. The molecule has 0 aliphatic carbocycles. The molecule has 0 aliphatic rings. The van der Waals surface area contributed by atoms with Crippen LogP contribution >= 0.6 is 12.2 Å². The van der Waals surface area contributed by atoms with E-state index in [2.05, 4.69) is 6.92 Å². The Hall–Kier alpha value is -0.420. The van der Waals surface area contributed by atoms with Crippen molar-refractivity contribution in [2.45, 2.75) is 71.1 Å². The maximum atomic E-state index is 8.47. The second-order valence-corrected chi connectivity index (χ2v) is 4.61. The molecule has 0 rings (SSSR count). The van der Waals surface area contributed by atoms with Crippen molar-refractivity contribution in [3.05, 3.63) is 0 Å². The number of nitriles is 1. The van der Waals surface area contributed by atoms with E-state index in [1.54, 1.807) is 0 Å². The van der Waals surface area contributed by atoms with Gasteiger partial charge in [0.15, 0.2) is 0 Å². The summed E-state index contributed by atoms with van der Waals surface area (Å²) < 4.78 is 0. The quantitative estimate of drug-likeness (QED) is 0.394. The van der Waals surface area contributed by atoms with E-state index in [0.29, 0.717) is 4.86 Å². The van der Waals surface area contributed by atoms with Gasteiger partial charge < -0.3 is 0 Å². The van der Waals surface area contributed by atoms with Gasteiger partial charge >= 0.3 is 0 Å². The molecule has 2 heteroatoms. The fourth-order valence-corrected chi connectivity index (χ4v) is 1.80. The lowest BCUT2D eigenvalue weighted by molar-refractivity contribution is 0.569. The highest BCUT2D eigenvalue weighted by atomic mass is 32.1. The average Bonchev–Trinajstić information content (AvgIpc) is 2.26. The molecule has 0 radical (unpaired) electrons. The van der Waals surface area contributed by atoms with Crippen molar-refractivity contribution in [1.29, 1.82) is 5.26 Å². The summed E-state index contributed by atoms with van der Waals surface area (Å²) in [5.41, 5.74) is 0. The van der Waals surface area contributed by atoms with Gasteiger partial charge in [-0.05, 0) is 12.8 Å². The zero-order chi connectivity index (χ0) is 11.4. The predicted molar refractivity (Wildman–Crippen MR) is 70.1 cm³/mol. The highest BCUT2D eigenvalue weighted by Crippen LogP contribution is 2.10. The van der Waals surface area contributed by atoms with Crippen molar-refractivity contribution >= 4 is 17.1 Å². The first-order valence-corrected chi connectivity index (χ1v) is 6.65. The summed E-state index contributed by atoms with van der Waals surface area (Å²) >= 11 is 4.84. The first kappa shape index (κ1) is 14.6. The van der Waals surface area contributed by atoms with Gasteiger partial charge in [0.25, 0.3) is 0 Å². The summed E-state index contributed by atoms with van der Waals surface area (Å²) in [6, 6.07) is 2.02. The molecule has 0 aromatic carbocycles. The maximum absolute atomic E-state index is 8.47. The van der Waals surface area contributed by atoms with Gasteiger partial charge in [-0.3, -0.25) is 0 Å². The van der Waals surface area contributed by atoms with Crippen LogP contribution in [0.5, 0.6) is 0 Å². The van der Waals surface area contributed by atoms with Crippen molar-refractivity contribution in [1.82, 2.24) is 0 Å². The molecule has 0 unspecified atom stereocenters. The van der Waals surface area contributed by atoms with Crippen LogP contribution < -0.4 is 0 Å². The van der Waals surface area contributed by atoms with Gasteiger partial charge in [0, 0.05) is 0 Å². The van der Waals surface area contributed by atoms with Crippen molar-refractivity contribution < 1.29 is 0 Å². The number of hydrogen-bond donors (Lipinski definition) is 0. The molecule has 0 amide bonds. The Morgan fingerprint density at radius 3 is 1.87 bits per heavy atom. The van der Waals surface area contributed by atoms with E-state index >= 15 is 0 Å². The Bertz CT molecular complexity index is 193. The van der Waals surface area contributed by atoms with Crippen LogP contribution in [-0.2, 0) is 0 Å². The average molecular weight is 225 g/mol. The van der Waals surface area contributed by atoms with E-state index in [4.69, 9.17) is 17.5 Å². The zero-order valence-corrected chi connectivity index (χ0v) is 10.7. The third-order valence-corrected chi connectivity index (χ3v) is 2.93. The molecule has 0 aromatic heterocycles. The molecule has 0 heterocycles. The van der Waals surface area contributed by atoms with Crippen molar-refractivity contribution in [2.24, 2.45) is 0 Å². The molecule has 0 N–H and O–H groups in total. The Morgan fingerprint density at radius 2 is 1.40 bits per heavy atom. The van der Waals surface area contributed by atoms with E-state index in [0.717, 1.165) is 12.8 Å². The Morgan fingerprint density at radius 1 is 0.933 bits per heavy atom. The Balaban J connectivity index is 2.99. The van der Waals surface area contributed by atoms with Gasteiger partial charge in [-0.2, -0.15) is 5.26 Å². The lowest BCUT2D eigenvalue weighted by Crippen LogP contribution is -1.89. The lowest BCUT2D eigenvalue weighted by Gasteiger charge is -2.00. The van der Waals surface area contributed by atoms with Gasteiger partial charge in [0.1, 0.15) is 6.07 Å². The van der Waals surface area contributed by atoms with Crippen LogP contribution in [0.1, 0.15) is 71.1 Å². The van der Waals surface area contributed by atoms with Crippen LogP contribution in [0.2, 0.25) is 0 Å². The first-order chi connectivity index (χ1) is 7.31. The number of hydrogen-bond acceptors (Lipinski definition) is 2. The second-order valence-electron chi connectivity index (χ2n) is 4.11. The van der Waals surface area contributed by atoms with Gasteiger partial charge in [-0.15, -0.1) is 0 Å². The minimum absolute atomic E-state index is 0.568. The van der Waals surface area contributed by atoms with Crippen LogP contribution in [0, 0.1) is 11.3 Å². The fraction of sp³-hybridized carbons (Fsp3) is 0.846. The normalized spacial score (nSPS) is 9.87. The number of rotatable bonds is 10. The highest BCUT2D eigenvalue weighted by molar-refractivity contribution is 7.80. The van der Waals surface area contributed by atoms with Gasteiger partial charge in [-0.1, -0.05) is 70.5 Å². The summed E-state index contributed by atoms with van der Waals surface area (Å²) in [5, 5.41) is 8.47. The minimum atomic E-state index is 0.568. The van der Waals surface area contributed by atoms with E-state index in [9.17, 15) is 0 Å². The lowest BCUT2D eigenvalue weighted by atomic mass is 10.1. The molecule has 0 spiro atoms. The molecule has 0 fully saturated rings. The third-order valence-electron chi connectivity index (χ3n) is 2.63. The number of thiocarbonyl (C=S) groups is 1. The van der Waals surface area contributed by atoms with E-state index < -0.39 is 0 Å². The van der Waals surface area contributed by atoms with Gasteiger partial charge in [0.2, 0.25) is 0 Å². The fourth-order valence-electron chi connectivity index (χ4n) is 1.65. The molecule has 0 saturated carbocycles. The molecule has 0 aromatic rings. The minimum Gasteiger partial charge on any atom is -0.192 e. The Kier molecular flexibility index (Phi) is 11.3. The molecule has 0 bridgehead atoms. The first-order valence-electron chi connectivity index (χ1n) is 6.24. The Labute approximate surface area is 99.9 Å². The SMILES string of the molecule is CCCCCCCCCCCC(=S)C#N. The number of unbranched alkanes of at least 4 members (excludes halogenated alkanes) is 8.